The monoisotopic (exact) mass is 297 g/mol. The molecule has 0 aromatic carbocycles. The van der Waals surface area contributed by atoms with Crippen LogP contribution in [0.2, 0.25) is 0 Å². The van der Waals surface area contributed by atoms with E-state index in [0.717, 1.165) is 23.3 Å². The number of hydrogen-bond donors (Lipinski definition) is 0. The largest absolute Gasteiger partial charge is 0.468 e. The molecule has 0 spiro atoms. The maximum Gasteiger partial charge on any atom is 0.316 e. The molecule has 0 bridgehead atoms. The molecule has 2 rings (SSSR count). The zero-order chi connectivity index (χ0) is 14.4. The molecule has 1 aliphatic rings. The number of thioether (sulfide) groups is 1. The number of methoxy groups -OCH3 is 1. The zero-order valence-corrected chi connectivity index (χ0v) is 13.1. The summed E-state index contributed by atoms with van der Waals surface area (Å²) in [5.74, 6) is 1.92. The third kappa shape index (κ3) is 4.23. The lowest BCUT2D eigenvalue weighted by molar-refractivity contribution is -0.137. The fraction of sp³-hybridized carbons (Fsp3) is 0.786. The van der Waals surface area contributed by atoms with Crippen molar-refractivity contribution in [2.24, 2.45) is 13.0 Å². The van der Waals surface area contributed by atoms with Crippen LogP contribution in [-0.4, -0.2) is 33.6 Å². The highest BCUT2D eigenvalue weighted by Crippen LogP contribution is 2.27. The number of rotatable bonds is 6. The topological polar surface area (TPSA) is 57.0 Å². The van der Waals surface area contributed by atoms with Crippen molar-refractivity contribution in [3.63, 3.8) is 0 Å². The van der Waals surface area contributed by atoms with Crippen LogP contribution in [0.5, 0.6) is 0 Å². The number of esters is 1. The van der Waals surface area contributed by atoms with Gasteiger partial charge in [-0.1, -0.05) is 43.9 Å². The van der Waals surface area contributed by atoms with Gasteiger partial charge in [0.15, 0.2) is 5.16 Å². The van der Waals surface area contributed by atoms with Gasteiger partial charge in [0.1, 0.15) is 5.82 Å². The summed E-state index contributed by atoms with van der Waals surface area (Å²) in [4.78, 5) is 11.1. The number of hydrogen-bond acceptors (Lipinski definition) is 5. The smallest absolute Gasteiger partial charge is 0.316 e. The molecule has 1 saturated carbocycles. The maximum atomic E-state index is 11.1. The molecule has 1 aromatic heterocycles. The summed E-state index contributed by atoms with van der Waals surface area (Å²) in [6, 6.07) is 0. The standard InChI is InChI=1S/C14H23N3O2S/c1-17-12(9-8-11-6-4-3-5-7-11)15-16-14(17)20-10-13(18)19-2/h11H,3-10H2,1-2H3. The Morgan fingerprint density at radius 3 is 2.80 bits per heavy atom. The van der Waals surface area contributed by atoms with Crippen LogP contribution in [0.25, 0.3) is 0 Å². The molecule has 1 aromatic rings. The van der Waals surface area contributed by atoms with Gasteiger partial charge in [0.2, 0.25) is 0 Å². The van der Waals surface area contributed by atoms with Crippen molar-refractivity contribution in [2.75, 3.05) is 12.9 Å². The van der Waals surface area contributed by atoms with Gasteiger partial charge in [-0.2, -0.15) is 0 Å². The van der Waals surface area contributed by atoms with E-state index in [9.17, 15) is 4.79 Å². The van der Waals surface area contributed by atoms with Crippen molar-refractivity contribution in [3.8, 4) is 0 Å². The lowest BCUT2D eigenvalue weighted by Gasteiger charge is -2.20. The summed E-state index contributed by atoms with van der Waals surface area (Å²) in [6.07, 6.45) is 9.06. The highest BCUT2D eigenvalue weighted by molar-refractivity contribution is 7.99. The van der Waals surface area contributed by atoms with E-state index in [1.54, 1.807) is 0 Å². The molecule has 20 heavy (non-hydrogen) atoms. The fourth-order valence-electron chi connectivity index (χ4n) is 2.68. The van der Waals surface area contributed by atoms with Gasteiger partial charge < -0.3 is 9.30 Å². The Kier molecular flexibility index (Phi) is 5.88. The summed E-state index contributed by atoms with van der Waals surface area (Å²) in [5.41, 5.74) is 0. The zero-order valence-electron chi connectivity index (χ0n) is 12.3. The van der Waals surface area contributed by atoms with Crippen LogP contribution in [0.15, 0.2) is 5.16 Å². The summed E-state index contributed by atoms with van der Waals surface area (Å²) in [6.45, 7) is 0. The molecular formula is C14H23N3O2S. The van der Waals surface area contributed by atoms with Crippen molar-refractivity contribution in [3.05, 3.63) is 5.82 Å². The second-order valence-corrected chi connectivity index (χ2v) is 6.31. The Morgan fingerprint density at radius 1 is 1.35 bits per heavy atom. The molecule has 1 fully saturated rings. The minimum atomic E-state index is -0.234. The number of aryl methyl sites for hydroxylation is 1. The van der Waals surface area contributed by atoms with E-state index >= 15 is 0 Å². The fourth-order valence-corrected chi connectivity index (χ4v) is 3.44. The molecule has 112 valence electrons. The van der Waals surface area contributed by atoms with E-state index in [1.807, 2.05) is 11.6 Å². The van der Waals surface area contributed by atoms with E-state index in [4.69, 9.17) is 0 Å². The van der Waals surface area contributed by atoms with Gasteiger partial charge in [0.25, 0.3) is 0 Å². The summed E-state index contributed by atoms with van der Waals surface area (Å²) < 4.78 is 6.62. The van der Waals surface area contributed by atoms with Gasteiger partial charge in [0.05, 0.1) is 12.9 Å². The molecule has 1 aliphatic carbocycles. The van der Waals surface area contributed by atoms with Gasteiger partial charge in [-0.15, -0.1) is 10.2 Å². The Bertz CT molecular complexity index is 442. The third-order valence-electron chi connectivity index (χ3n) is 3.97. The van der Waals surface area contributed by atoms with Crippen LogP contribution in [0, 0.1) is 5.92 Å². The minimum Gasteiger partial charge on any atom is -0.468 e. The number of aromatic nitrogens is 3. The van der Waals surface area contributed by atoms with E-state index in [0.29, 0.717) is 0 Å². The van der Waals surface area contributed by atoms with Crippen molar-refractivity contribution < 1.29 is 9.53 Å². The van der Waals surface area contributed by atoms with Crippen molar-refractivity contribution in [1.82, 2.24) is 14.8 Å². The molecule has 0 saturated heterocycles. The second-order valence-electron chi connectivity index (χ2n) is 5.37. The SMILES string of the molecule is COC(=O)CSc1nnc(CCC2CCCCC2)n1C. The number of carbonyl (C=O) groups is 1. The number of ether oxygens (including phenoxy) is 1. The van der Waals surface area contributed by atoms with Crippen molar-refractivity contribution in [1.29, 1.82) is 0 Å². The lowest BCUT2D eigenvalue weighted by Crippen LogP contribution is -2.09. The van der Waals surface area contributed by atoms with Gasteiger partial charge >= 0.3 is 5.97 Å². The van der Waals surface area contributed by atoms with E-state index in [-0.39, 0.29) is 11.7 Å². The first-order valence-electron chi connectivity index (χ1n) is 7.28. The van der Waals surface area contributed by atoms with Gasteiger partial charge in [-0.3, -0.25) is 4.79 Å². The van der Waals surface area contributed by atoms with Gasteiger partial charge in [-0.25, -0.2) is 0 Å². The van der Waals surface area contributed by atoms with E-state index in [2.05, 4.69) is 14.9 Å². The average molecular weight is 297 g/mol. The molecule has 6 heteroatoms. The first-order chi connectivity index (χ1) is 9.70. The van der Waals surface area contributed by atoms with Crippen LogP contribution in [0.1, 0.15) is 44.3 Å². The third-order valence-corrected chi connectivity index (χ3v) is 4.97. The predicted molar refractivity (Wildman–Crippen MR) is 78.6 cm³/mol. The highest BCUT2D eigenvalue weighted by Gasteiger charge is 2.16. The lowest BCUT2D eigenvalue weighted by atomic mass is 9.86. The van der Waals surface area contributed by atoms with Gasteiger partial charge in [0, 0.05) is 13.5 Å². The molecule has 5 nitrogen and oxygen atoms in total. The molecule has 0 aliphatic heterocycles. The second kappa shape index (κ2) is 7.67. The van der Waals surface area contributed by atoms with Crippen LogP contribution in [0.3, 0.4) is 0 Å². The first kappa shape index (κ1) is 15.4. The molecule has 1 heterocycles. The Labute approximate surface area is 124 Å². The normalized spacial score (nSPS) is 16.3. The summed E-state index contributed by atoms with van der Waals surface area (Å²) in [5, 5.41) is 9.18. The Hall–Kier alpha value is -1.04. The van der Waals surface area contributed by atoms with Crippen LogP contribution in [0.4, 0.5) is 0 Å². The Morgan fingerprint density at radius 2 is 2.10 bits per heavy atom. The van der Waals surface area contributed by atoms with Gasteiger partial charge in [-0.05, 0) is 12.3 Å². The maximum absolute atomic E-state index is 11.1. The predicted octanol–water partition coefficient (Wildman–Crippen LogP) is 2.59. The molecule has 0 radical (unpaired) electrons. The summed E-state index contributed by atoms with van der Waals surface area (Å²) >= 11 is 1.38. The van der Waals surface area contributed by atoms with E-state index in [1.165, 1.54) is 57.4 Å². The first-order valence-corrected chi connectivity index (χ1v) is 8.27. The summed E-state index contributed by atoms with van der Waals surface area (Å²) in [7, 11) is 3.37. The average Bonchev–Trinajstić information content (AvgIpc) is 2.84. The molecule has 0 N–H and O–H groups in total. The molecule has 0 unspecified atom stereocenters. The molecular weight excluding hydrogens is 274 g/mol. The highest BCUT2D eigenvalue weighted by atomic mass is 32.2. The van der Waals surface area contributed by atoms with Crippen molar-refractivity contribution in [2.45, 2.75) is 50.1 Å². The van der Waals surface area contributed by atoms with Crippen LogP contribution >= 0.6 is 11.8 Å². The quantitative estimate of drug-likeness (QED) is 0.596. The molecule has 0 atom stereocenters. The molecule has 0 amide bonds. The Balaban J connectivity index is 1.83. The van der Waals surface area contributed by atoms with E-state index < -0.39 is 0 Å². The number of carbonyl (C=O) groups excluding carboxylic acids is 1. The van der Waals surface area contributed by atoms with Crippen molar-refractivity contribution >= 4 is 17.7 Å². The van der Waals surface area contributed by atoms with Crippen LogP contribution in [-0.2, 0) is 23.0 Å². The number of nitrogens with zero attached hydrogens (tertiary/aromatic N) is 3. The van der Waals surface area contributed by atoms with Crippen LogP contribution < -0.4 is 0 Å². The minimum absolute atomic E-state index is 0.234.